The lowest BCUT2D eigenvalue weighted by molar-refractivity contribution is -0.123. The van der Waals surface area contributed by atoms with Crippen LogP contribution in [0.25, 0.3) is 0 Å². The molecule has 0 aliphatic carbocycles. The molecule has 0 unspecified atom stereocenters. The summed E-state index contributed by atoms with van der Waals surface area (Å²) in [5.41, 5.74) is 1.28. The first kappa shape index (κ1) is 18.3. The minimum atomic E-state index is -0.290. The first-order valence-corrected chi connectivity index (χ1v) is 8.10. The number of ether oxygens (including phenoxy) is 1. The van der Waals surface area contributed by atoms with Crippen molar-refractivity contribution in [3.8, 4) is 5.75 Å². The summed E-state index contributed by atoms with van der Waals surface area (Å²) >= 11 is 11.7. The van der Waals surface area contributed by atoms with Crippen molar-refractivity contribution in [1.82, 2.24) is 5.32 Å². The number of halogens is 2. The minimum absolute atomic E-state index is 0.178. The Morgan fingerprint density at radius 1 is 1.08 bits per heavy atom. The third-order valence-corrected chi connectivity index (χ3v) is 3.91. The van der Waals surface area contributed by atoms with Crippen LogP contribution in [0.4, 0.5) is 0 Å². The van der Waals surface area contributed by atoms with Crippen LogP contribution in [0.2, 0.25) is 10.0 Å². The first-order chi connectivity index (χ1) is 11.4. The largest absolute Gasteiger partial charge is 0.483 e. The van der Waals surface area contributed by atoms with Crippen LogP contribution < -0.4 is 10.1 Å². The van der Waals surface area contributed by atoms with Crippen molar-refractivity contribution in [3.05, 3.63) is 63.6 Å². The van der Waals surface area contributed by atoms with Gasteiger partial charge < -0.3 is 10.1 Å². The molecule has 1 amide bonds. The molecule has 0 heterocycles. The van der Waals surface area contributed by atoms with Crippen LogP contribution >= 0.6 is 23.2 Å². The maximum atomic E-state index is 12.0. The van der Waals surface area contributed by atoms with Gasteiger partial charge in [-0.1, -0.05) is 35.3 Å². The number of carbonyl (C=O) groups excluding carboxylic acids is 2. The predicted molar refractivity (Wildman–Crippen MR) is 95.0 cm³/mol. The van der Waals surface area contributed by atoms with E-state index in [0.717, 1.165) is 5.56 Å². The summed E-state index contributed by atoms with van der Waals surface area (Å²) in [5.74, 6) is -0.134. The second kappa shape index (κ2) is 8.18. The zero-order chi connectivity index (χ0) is 17.7. The molecule has 0 saturated carbocycles. The Hall–Kier alpha value is -2.04. The van der Waals surface area contributed by atoms with Gasteiger partial charge in [-0.3, -0.25) is 9.59 Å². The Balaban J connectivity index is 1.96. The van der Waals surface area contributed by atoms with Gasteiger partial charge in [0.2, 0.25) is 0 Å². The van der Waals surface area contributed by atoms with E-state index in [1.54, 1.807) is 24.3 Å². The summed E-state index contributed by atoms with van der Waals surface area (Å²) in [7, 11) is 0. The summed E-state index contributed by atoms with van der Waals surface area (Å²) < 4.78 is 5.46. The van der Waals surface area contributed by atoms with Crippen molar-refractivity contribution in [2.45, 2.75) is 19.9 Å². The van der Waals surface area contributed by atoms with E-state index in [1.165, 1.54) is 13.0 Å². The standard InChI is InChI=1S/C18H17Cl2NO3/c1-11(13-3-5-14(19)6-4-13)21-18(23)10-24-17-8-7-15(20)9-16(17)12(2)22/h3-9,11H,10H2,1-2H3,(H,21,23)/t11-/m1/s1. The van der Waals surface area contributed by atoms with Crippen LogP contribution in [0.3, 0.4) is 0 Å². The fourth-order valence-electron chi connectivity index (χ4n) is 2.16. The quantitative estimate of drug-likeness (QED) is 0.769. The third-order valence-electron chi connectivity index (χ3n) is 3.43. The van der Waals surface area contributed by atoms with Crippen LogP contribution in [0, 0.1) is 0 Å². The normalized spacial score (nSPS) is 11.7. The fourth-order valence-corrected chi connectivity index (χ4v) is 2.46. The van der Waals surface area contributed by atoms with Gasteiger partial charge in [0.05, 0.1) is 11.6 Å². The van der Waals surface area contributed by atoms with Crippen molar-refractivity contribution in [2.24, 2.45) is 0 Å². The Morgan fingerprint density at radius 2 is 1.71 bits per heavy atom. The Morgan fingerprint density at radius 3 is 2.33 bits per heavy atom. The summed E-state index contributed by atoms with van der Waals surface area (Å²) in [6.07, 6.45) is 0. The van der Waals surface area contributed by atoms with Gasteiger partial charge >= 0.3 is 0 Å². The van der Waals surface area contributed by atoms with Gasteiger partial charge in [-0.15, -0.1) is 0 Å². The predicted octanol–water partition coefficient (Wildman–Crippen LogP) is 4.45. The number of nitrogens with one attached hydrogen (secondary N) is 1. The van der Waals surface area contributed by atoms with Gasteiger partial charge in [-0.2, -0.15) is 0 Å². The molecule has 2 rings (SSSR count). The molecule has 1 atom stereocenters. The van der Waals surface area contributed by atoms with Crippen molar-refractivity contribution >= 4 is 34.9 Å². The molecular formula is C18H17Cl2NO3. The highest BCUT2D eigenvalue weighted by Gasteiger charge is 2.13. The van der Waals surface area contributed by atoms with Gasteiger partial charge in [0.15, 0.2) is 12.4 Å². The number of ketones is 1. The molecular weight excluding hydrogens is 349 g/mol. The zero-order valence-corrected chi connectivity index (χ0v) is 14.8. The number of hydrogen-bond donors (Lipinski definition) is 1. The smallest absolute Gasteiger partial charge is 0.258 e. The molecule has 24 heavy (non-hydrogen) atoms. The molecule has 0 fully saturated rings. The average molecular weight is 366 g/mol. The third kappa shape index (κ3) is 4.98. The molecule has 126 valence electrons. The van der Waals surface area contributed by atoms with E-state index in [9.17, 15) is 9.59 Å². The van der Waals surface area contributed by atoms with E-state index in [2.05, 4.69) is 5.32 Å². The Labute approximate surface area is 150 Å². The molecule has 0 spiro atoms. The molecule has 0 bridgehead atoms. The van der Waals surface area contributed by atoms with E-state index in [4.69, 9.17) is 27.9 Å². The van der Waals surface area contributed by atoms with Crippen LogP contribution in [-0.4, -0.2) is 18.3 Å². The Kier molecular flexibility index (Phi) is 6.23. The van der Waals surface area contributed by atoms with Gasteiger partial charge in [-0.25, -0.2) is 0 Å². The number of hydrogen-bond acceptors (Lipinski definition) is 3. The molecule has 0 radical (unpaired) electrons. The van der Waals surface area contributed by atoms with Crippen LogP contribution in [-0.2, 0) is 4.79 Å². The lowest BCUT2D eigenvalue weighted by Crippen LogP contribution is -2.31. The van der Waals surface area contributed by atoms with Crippen LogP contribution in [0.5, 0.6) is 5.75 Å². The van der Waals surface area contributed by atoms with Gasteiger partial charge in [0, 0.05) is 10.0 Å². The average Bonchev–Trinajstić information content (AvgIpc) is 2.54. The molecule has 0 saturated heterocycles. The van der Waals surface area contributed by atoms with Crippen molar-refractivity contribution in [1.29, 1.82) is 0 Å². The molecule has 2 aromatic rings. The van der Waals surface area contributed by atoms with Crippen LogP contribution in [0.15, 0.2) is 42.5 Å². The molecule has 4 nitrogen and oxygen atoms in total. The summed E-state index contributed by atoms with van der Waals surface area (Å²) in [6, 6.07) is 11.8. The monoisotopic (exact) mass is 365 g/mol. The van der Waals surface area contributed by atoms with Crippen molar-refractivity contribution in [3.63, 3.8) is 0 Å². The molecule has 0 aliphatic heterocycles. The summed E-state index contributed by atoms with van der Waals surface area (Å²) in [5, 5.41) is 3.91. The SMILES string of the molecule is CC(=O)c1cc(Cl)ccc1OCC(=O)N[C@H](C)c1ccc(Cl)cc1. The summed E-state index contributed by atoms with van der Waals surface area (Å²) in [4.78, 5) is 23.6. The van der Waals surface area contributed by atoms with E-state index in [-0.39, 0.29) is 24.3 Å². The second-order valence-electron chi connectivity index (χ2n) is 5.33. The number of benzene rings is 2. The fraction of sp³-hybridized carbons (Fsp3) is 0.222. The zero-order valence-electron chi connectivity index (χ0n) is 13.3. The van der Waals surface area contributed by atoms with Gasteiger partial charge in [-0.05, 0) is 49.7 Å². The number of Topliss-reactive ketones (excluding diaryl/α,β-unsaturated/α-hetero) is 1. The van der Waals surface area contributed by atoms with Crippen molar-refractivity contribution < 1.29 is 14.3 Å². The molecule has 6 heteroatoms. The number of amides is 1. The lowest BCUT2D eigenvalue weighted by atomic mass is 10.1. The molecule has 1 N–H and O–H groups in total. The molecule has 2 aromatic carbocycles. The lowest BCUT2D eigenvalue weighted by Gasteiger charge is -2.15. The van der Waals surface area contributed by atoms with E-state index < -0.39 is 0 Å². The summed E-state index contributed by atoms with van der Waals surface area (Å²) in [6.45, 7) is 3.09. The maximum absolute atomic E-state index is 12.0. The van der Waals surface area contributed by atoms with E-state index >= 15 is 0 Å². The van der Waals surface area contributed by atoms with Gasteiger partial charge in [0.25, 0.3) is 5.91 Å². The topological polar surface area (TPSA) is 55.4 Å². The Bertz CT molecular complexity index is 744. The highest BCUT2D eigenvalue weighted by molar-refractivity contribution is 6.31. The molecule has 0 aliphatic rings. The minimum Gasteiger partial charge on any atom is -0.483 e. The number of carbonyl (C=O) groups is 2. The van der Waals surface area contributed by atoms with Gasteiger partial charge in [0.1, 0.15) is 5.75 Å². The van der Waals surface area contributed by atoms with E-state index in [0.29, 0.717) is 21.4 Å². The van der Waals surface area contributed by atoms with Crippen molar-refractivity contribution in [2.75, 3.05) is 6.61 Å². The highest BCUT2D eigenvalue weighted by atomic mass is 35.5. The number of rotatable bonds is 6. The maximum Gasteiger partial charge on any atom is 0.258 e. The molecule has 0 aromatic heterocycles. The van der Waals surface area contributed by atoms with Crippen LogP contribution in [0.1, 0.15) is 35.8 Å². The second-order valence-corrected chi connectivity index (χ2v) is 6.20. The first-order valence-electron chi connectivity index (χ1n) is 7.35. The van der Waals surface area contributed by atoms with E-state index in [1.807, 2.05) is 19.1 Å². The highest BCUT2D eigenvalue weighted by Crippen LogP contribution is 2.23.